The van der Waals surface area contributed by atoms with E-state index in [4.69, 9.17) is 23.7 Å². The Morgan fingerprint density at radius 1 is 1.00 bits per heavy atom. The van der Waals surface area contributed by atoms with E-state index in [1.807, 2.05) is 0 Å². The van der Waals surface area contributed by atoms with Crippen LogP contribution in [-0.2, 0) is 9.47 Å². The lowest BCUT2D eigenvalue weighted by atomic mass is 10.1. The Morgan fingerprint density at radius 3 is 2.38 bits per heavy atom. The molecule has 0 amide bonds. The van der Waals surface area contributed by atoms with Gasteiger partial charge in [0.1, 0.15) is 12.4 Å². The number of Topliss-reactive ketones (excluding diaryl/α,β-unsaturated/α-hetero) is 1. The smallest absolute Gasteiger partial charge is 0.338 e. The Kier molecular flexibility index (Phi) is 7.08. The average molecular weight is 400 g/mol. The van der Waals surface area contributed by atoms with Crippen LogP contribution in [0.25, 0.3) is 0 Å². The molecule has 0 unspecified atom stereocenters. The minimum absolute atomic E-state index is 0.127. The predicted octanol–water partition coefficient (Wildman–Crippen LogP) is 3.30. The van der Waals surface area contributed by atoms with Crippen molar-refractivity contribution in [3.8, 4) is 17.2 Å². The molecule has 1 fully saturated rings. The van der Waals surface area contributed by atoms with Crippen LogP contribution in [0.1, 0.15) is 33.6 Å². The van der Waals surface area contributed by atoms with Gasteiger partial charge in [0.05, 0.1) is 25.9 Å². The maximum Gasteiger partial charge on any atom is 0.338 e. The van der Waals surface area contributed by atoms with Gasteiger partial charge in [-0.2, -0.15) is 0 Å². The molecule has 154 valence electrons. The molecule has 1 aliphatic rings. The lowest BCUT2D eigenvalue weighted by Gasteiger charge is -2.12. The zero-order chi connectivity index (χ0) is 20.6. The first-order chi connectivity index (χ1) is 14.1. The Morgan fingerprint density at radius 2 is 1.72 bits per heavy atom. The van der Waals surface area contributed by atoms with Gasteiger partial charge in [-0.3, -0.25) is 4.79 Å². The van der Waals surface area contributed by atoms with Crippen molar-refractivity contribution in [3.63, 3.8) is 0 Å². The number of carbonyl (C=O) groups is 2. The number of rotatable bonds is 9. The number of benzene rings is 2. The highest BCUT2D eigenvalue weighted by Crippen LogP contribution is 2.27. The van der Waals surface area contributed by atoms with Crippen molar-refractivity contribution in [2.24, 2.45) is 0 Å². The summed E-state index contributed by atoms with van der Waals surface area (Å²) in [5.74, 6) is 0.685. The van der Waals surface area contributed by atoms with Gasteiger partial charge in [-0.05, 0) is 55.3 Å². The summed E-state index contributed by atoms with van der Waals surface area (Å²) in [6, 6.07) is 11.4. The Bertz CT molecular complexity index is 839. The molecular weight excluding hydrogens is 376 g/mol. The number of ether oxygens (including phenoxy) is 5. The van der Waals surface area contributed by atoms with Gasteiger partial charge in [-0.25, -0.2) is 4.79 Å². The summed E-state index contributed by atoms with van der Waals surface area (Å²) in [7, 11) is 3.00. The zero-order valence-electron chi connectivity index (χ0n) is 16.5. The molecule has 0 bridgehead atoms. The monoisotopic (exact) mass is 400 g/mol. The lowest BCUT2D eigenvalue weighted by Crippen LogP contribution is -2.16. The van der Waals surface area contributed by atoms with Gasteiger partial charge in [0.25, 0.3) is 0 Å². The van der Waals surface area contributed by atoms with Gasteiger partial charge in [-0.1, -0.05) is 0 Å². The van der Waals surface area contributed by atoms with Crippen LogP contribution in [-0.4, -0.2) is 51.9 Å². The van der Waals surface area contributed by atoms with Crippen molar-refractivity contribution >= 4 is 11.8 Å². The first kappa shape index (κ1) is 20.7. The molecule has 0 aromatic heterocycles. The summed E-state index contributed by atoms with van der Waals surface area (Å²) < 4.78 is 26.6. The molecule has 2 aromatic carbocycles. The number of esters is 1. The third-order valence-corrected chi connectivity index (χ3v) is 4.59. The molecular formula is C22H24O7. The Hall–Kier alpha value is -3.06. The van der Waals surface area contributed by atoms with Crippen molar-refractivity contribution in [3.05, 3.63) is 53.6 Å². The molecule has 1 atom stereocenters. The molecule has 0 aliphatic carbocycles. The summed E-state index contributed by atoms with van der Waals surface area (Å²) in [5.41, 5.74) is 0.711. The third kappa shape index (κ3) is 5.48. The number of hydrogen-bond acceptors (Lipinski definition) is 7. The zero-order valence-corrected chi connectivity index (χ0v) is 16.5. The topological polar surface area (TPSA) is 80.3 Å². The van der Waals surface area contributed by atoms with Crippen molar-refractivity contribution in [2.75, 3.05) is 34.0 Å². The second kappa shape index (κ2) is 9.93. The molecule has 3 rings (SSSR count). The third-order valence-electron chi connectivity index (χ3n) is 4.59. The highest BCUT2D eigenvalue weighted by atomic mass is 16.5. The maximum absolute atomic E-state index is 12.3. The van der Waals surface area contributed by atoms with E-state index >= 15 is 0 Å². The van der Waals surface area contributed by atoms with E-state index in [2.05, 4.69) is 0 Å². The van der Waals surface area contributed by atoms with Crippen LogP contribution in [0, 0.1) is 0 Å². The van der Waals surface area contributed by atoms with Crippen molar-refractivity contribution in [1.82, 2.24) is 0 Å². The molecule has 0 saturated carbocycles. The minimum atomic E-state index is -0.579. The van der Waals surface area contributed by atoms with E-state index in [-0.39, 0.29) is 18.5 Å². The molecule has 0 spiro atoms. The van der Waals surface area contributed by atoms with Crippen molar-refractivity contribution in [1.29, 1.82) is 0 Å². The largest absolute Gasteiger partial charge is 0.493 e. The molecule has 1 heterocycles. The summed E-state index contributed by atoms with van der Waals surface area (Å²) in [5, 5.41) is 0. The average Bonchev–Trinajstić information content (AvgIpc) is 3.29. The van der Waals surface area contributed by atoms with Crippen LogP contribution in [0.4, 0.5) is 0 Å². The van der Waals surface area contributed by atoms with Gasteiger partial charge in [0.15, 0.2) is 23.9 Å². The summed E-state index contributed by atoms with van der Waals surface area (Å²) in [6.45, 7) is 0.899. The molecule has 7 heteroatoms. The van der Waals surface area contributed by atoms with Crippen molar-refractivity contribution < 1.29 is 33.3 Å². The Balaban J connectivity index is 1.51. The van der Waals surface area contributed by atoms with Crippen LogP contribution in [0.3, 0.4) is 0 Å². The molecule has 7 nitrogen and oxygen atoms in total. The van der Waals surface area contributed by atoms with Crippen molar-refractivity contribution in [2.45, 2.75) is 18.9 Å². The first-order valence-electron chi connectivity index (χ1n) is 9.37. The second-order valence-corrected chi connectivity index (χ2v) is 6.54. The number of hydrogen-bond donors (Lipinski definition) is 0. The van der Waals surface area contributed by atoms with Crippen LogP contribution < -0.4 is 14.2 Å². The predicted molar refractivity (Wildman–Crippen MR) is 105 cm³/mol. The van der Waals surface area contributed by atoms with E-state index in [1.54, 1.807) is 42.5 Å². The Labute approximate surface area is 169 Å². The fraction of sp³-hybridized carbons (Fsp3) is 0.364. The van der Waals surface area contributed by atoms with E-state index in [0.717, 1.165) is 19.4 Å². The first-order valence-corrected chi connectivity index (χ1v) is 9.37. The van der Waals surface area contributed by atoms with Gasteiger partial charge in [0.2, 0.25) is 0 Å². The maximum atomic E-state index is 12.3. The highest BCUT2D eigenvalue weighted by molar-refractivity contribution is 5.99. The van der Waals surface area contributed by atoms with Crippen LogP contribution in [0.2, 0.25) is 0 Å². The number of carbonyl (C=O) groups excluding carboxylic acids is 2. The van der Waals surface area contributed by atoms with Crippen LogP contribution in [0.15, 0.2) is 42.5 Å². The quantitative estimate of drug-likeness (QED) is 0.472. The number of methoxy groups -OCH3 is 2. The van der Waals surface area contributed by atoms with Crippen LogP contribution >= 0.6 is 0 Å². The summed E-state index contributed by atoms with van der Waals surface area (Å²) in [4.78, 5) is 24.5. The fourth-order valence-electron chi connectivity index (χ4n) is 2.96. The van der Waals surface area contributed by atoms with Crippen LogP contribution in [0.5, 0.6) is 17.2 Å². The summed E-state index contributed by atoms with van der Waals surface area (Å²) in [6.07, 6.45) is 2.18. The van der Waals surface area contributed by atoms with Gasteiger partial charge in [-0.15, -0.1) is 0 Å². The molecule has 1 aliphatic heterocycles. The minimum Gasteiger partial charge on any atom is -0.493 e. The van der Waals surface area contributed by atoms with E-state index in [0.29, 0.717) is 35.0 Å². The standard InChI is InChI=1S/C22H24O7/c1-25-20-10-7-16(12-21(20)26-2)19(23)14-29-22(24)15-5-8-17(9-6-15)28-13-18-4-3-11-27-18/h5-10,12,18H,3-4,11,13-14H2,1-2H3/t18-/m1/s1. The van der Waals surface area contributed by atoms with E-state index in [1.165, 1.54) is 14.2 Å². The normalized spacial score (nSPS) is 15.6. The molecule has 0 N–H and O–H groups in total. The summed E-state index contributed by atoms with van der Waals surface area (Å²) >= 11 is 0. The molecule has 1 saturated heterocycles. The SMILES string of the molecule is COc1ccc(C(=O)COC(=O)c2ccc(OC[C@H]3CCCO3)cc2)cc1OC. The second-order valence-electron chi connectivity index (χ2n) is 6.54. The van der Waals surface area contributed by atoms with E-state index in [9.17, 15) is 9.59 Å². The molecule has 2 aromatic rings. The van der Waals surface area contributed by atoms with Gasteiger partial charge in [0, 0.05) is 12.2 Å². The lowest BCUT2D eigenvalue weighted by molar-refractivity contribution is 0.0474. The fourth-order valence-corrected chi connectivity index (χ4v) is 2.96. The number of ketones is 1. The van der Waals surface area contributed by atoms with Gasteiger partial charge >= 0.3 is 5.97 Å². The van der Waals surface area contributed by atoms with Gasteiger partial charge < -0.3 is 23.7 Å². The molecule has 0 radical (unpaired) electrons. The molecule has 29 heavy (non-hydrogen) atoms. The highest BCUT2D eigenvalue weighted by Gasteiger charge is 2.17. The van der Waals surface area contributed by atoms with E-state index < -0.39 is 5.97 Å².